The van der Waals surface area contributed by atoms with Crippen LogP contribution in [0.2, 0.25) is 0 Å². The highest BCUT2D eigenvalue weighted by Crippen LogP contribution is 2.43. The molecular weight excluding hydrogens is 520 g/mol. The summed E-state index contributed by atoms with van der Waals surface area (Å²) in [5, 5.41) is 11.5. The molecule has 0 aliphatic carbocycles. The molecule has 0 saturated heterocycles. The van der Waals surface area contributed by atoms with Crippen molar-refractivity contribution in [1.29, 1.82) is 0 Å². The number of aromatic nitrogens is 5. The molecule has 0 radical (unpaired) electrons. The average molecular weight is 538 g/mol. The summed E-state index contributed by atoms with van der Waals surface area (Å²) in [6.07, 6.45) is 0.485. The van der Waals surface area contributed by atoms with Crippen molar-refractivity contribution >= 4 is 55.0 Å². The van der Waals surface area contributed by atoms with Crippen molar-refractivity contribution < 1.29 is 18.4 Å². The van der Waals surface area contributed by atoms with E-state index in [1.807, 2.05) is 6.92 Å². The number of hydrogen-bond acceptors (Lipinski definition) is 6. The highest BCUT2D eigenvalue weighted by Gasteiger charge is 2.27. The van der Waals surface area contributed by atoms with E-state index in [1.54, 1.807) is 31.0 Å². The second kappa shape index (κ2) is 8.63. The second-order valence-electron chi connectivity index (χ2n) is 7.18. The fraction of sp³-hybridized carbons (Fsp3) is 0.250. The van der Waals surface area contributed by atoms with Gasteiger partial charge in [0, 0.05) is 36.9 Å². The summed E-state index contributed by atoms with van der Waals surface area (Å²) in [6.45, 7) is 4.22. The fourth-order valence-corrected chi connectivity index (χ4v) is 5.03. The average Bonchev–Trinajstić information content (AvgIpc) is 3.41. The maximum atomic E-state index is 13.7. The molecule has 9 nitrogen and oxygen atoms in total. The Hall–Kier alpha value is -3.19. The number of carbonyl (C=O) groups is 2. The highest BCUT2D eigenvalue weighted by atomic mass is 79.9. The van der Waals surface area contributed by atoms with Gasteiger partial charge in [-0.2, -0.15) is 10.2 Å². The highest BCUT2D eigenvalue weighted by molar-refractivity contribution is 9.10. The molecule has 0 aliphatic heterocycles. The van der Waals surface area contributed by atoms with E-state index >= 15 is 0 Å². The monoisotopic (exact) mass is 537 g/mol. The molecule has 13 heteroatoms. The maximum Gasteiger partial charge on any atom is 0.280 e. The Morgan fingerprint density at radius 2 is 2.00 bits per heavy atom. The zero-order chi connectivity index (χ0) is 24.0. The van der Waals surface area contributed by atoms with Crippen molar-refractivity contribution in [2.24, 2.45) is 12.8 Å². The Morgan fingerprint density at radius 3 is 2.55 bits per heavy atom. The van der Waals surface area contributed by atoms with Gasteiger partial charge >= 0.3 is 0 Å². The first-order chi connectivity index (χ1) is 15.6. The predicted molar refractivity (Wildman–Crippen MR) is 124 cm³/mol. The molecule has 0 unspecified atom stereocenters. The Bertz CT molecular complexity index is 1410. The predicted octanol–water partition coefficient (Wildman–Crippen LogP) is 4.27. The summed E-state index contributed by atoms with van der Waals surface area (Å²) in [5.74, 6) is -1.42. The molecule has 0 saturated carbocycles. The van der Waals surface area contributed by atoms with Crippen LogP contribution in [0, 0.1) is 6.92 Å². The number of anilines is 1. The molecular formula is C20H18BrF2N7O2S. The van der Waals surface area contributed by atoms with Crippen LogP contribution in [-0.2, 0) is 13.6 Å². The number of primary amides is 1. The molecule has 0 atom stereocenters. The summed E-state index contributed by atoms with van der Waals surface area (Å²) < 4.78 is 30.9. The minimum absolute atomic E-state index is 0.00823. The Balaban J connectivity index is 1.99. The van der Waals surface area contributed by atoms with Crippen molar-refractivity contribution in [3.05, 3.63) is 44.9 Å². The lowest BCUT2D eigenvalue weighted by molar-refractivity contribution is 0.100. The van der Waals surface area contributed by atoms with Gasteiger partial charge in [-0.05, 0) is 41.4 Å². The normalized spacial score (nSPS) is 11.5. The Labute approximate surface area is 198 Å². The molecule has 3 N–H and O–H groups in total. The lowest BCUT2D eigenvalue weighted by Crippen LogP contribution is -2.17. The van der Waals surface area contributed by atoms with Crippen LogP contribution >= 0.6 is 27.3 Å². The lowest BCUT2D eigenvalue weighted by atomic mass is 10.0. The first kappa shape index (κ1) is 23.0. The largest absolute Gasteiger partial charge is 0.365 e. The van der Waals surface area contributed by atoms with Crippen LogP contribution in [-0.4, -0.2) is 36.4 Å². The quantitative estimate of drug-likeness (QED) is 0.380. The van der Waals surface area contributed by atoms with Gasteiger partial charge in [0.15, 0.2) is 5.69 Å². The molecule has 2 amide bonds. The molecule has 33 heavy (non-hydrogen) atoms. The van der Waals surface area contributed by atoms with E-state index < -0.39 is 23.9 Å². The molecule has 0 spiro atoms. The van der Waals surface area contributed by atoms with Gasteiger partial charge in [0.1, 0.15) is 15.4 Å². The maximum absolute atomic E-state index is 13.7. The van der Waals surface area contributed by atoms with Crippen LogP contribution in [0.25, 0.3) is 21.3 Å². The van der Waals surface area contributed by atoms with Gasteiger partial charge in [0.05, 0.1) is 15.9 Å². The van der Waals surface area contributed by atoms with Crippen molar-refractivity contribution in [3.63, 3.8) is 0 Å². The third kappa shape index (κ3) is 4.13. The van der Waals surface area contributed by atoms with Gasteiger partial charge in [0.2, 0.25) is 0 Å². The summed E-state index contributed by atoms with van der Waals surface area (Å²) in [4.78, 5) is 29.4. The minimum Gasteiger partial charge on any atom is -0.365 e. The zero-order valence-corrected chi connectivity index (χ0v) is 20.1. The van der Waals surface area contributed by atoms with Crippen molar-refractivity contribution in [2.45, 2.75) is 26.8 Å². The first-order valence-corrected chi connectivity index (χ1v) is 11.3. The number of amides is 2. The van der Waals surface area contributed by atoms with Gasteiger partial charge in [-0.3, -0.25) is 19.0 Å². The topological polar surface area (TPSA) is 121 Å². The lowest BCUT2D eigenvalue weighted by Gasteiger charge is -2.10. The molecule has 0 fully saturated rings. The zero-order valence-electron chi connectivity index (χ0n) is 17.7. The van der Waals surface area contributed by atoms with Gasteiger partial charge in [-0.25, -0.2) is 13.8 Å². The minimum atomic E-state index is -2.84. The standard InChI is InChI=1S/C20H18BrF2N7O2S/c1-4-30-6-10(8(2)27-30)9-5-12(17(22)23)25-20-13(9)15(16(33-20)18(24)31)26-19(32)14-11(21)7-29(3)28-14/h5-7,17H,4H2,1-3H3,(H2,24,31)(H,26,32). The van der Waals surface area contributed by atoms with Crippen LogP contribution in [0.3, 0.4) is 0 Å². The number of fused-ring (bicyclic) bond motifs is 1. The number of alkyl halides is 2. The van der Waals surface area contributed by atoms with Crippen molar-refractivity contribution in [3.8, 4) is 11.1 Å². The summed E-state index contributed by atoms with van der Waals surface area (Å²) in [6, 6.07) is 1.25. The number of aryl methyl sites for hydroxylation is 3. The number of halogens is 3. The van der Waals surface area contributed by atoms with E-state index in [-0.39, 0.29) is 21.1 Å². The second-order valence-corrected chi connectivity index (χ2v) is 9.04. The Kier molecular flexibility index (Phi) is 6.01. The number of rotatable bonds is 6. The molecule has 4 aromatic rings. The van der Waals surface area contributed by atoms with Crippen LogP contribution in [0.15, 0.2) is 22.9 Å². The van der Waals surface area contributed by atoms with Gasteiger partial charge in [-0.1, -0.05) is 0 Å². The van der Waals surface area contributed by atoms with E-state index in [9.17, 15) is 18.4 Å². The van der Waals surface area contributed by atoms with Crippen molar-refractivity contribution in [2.75, 3.05) is 5.32 Å². The fourth-order valence-electron chi connectivity index (χ4n) is 3.46. The molecule has 0 bridgehead atoms. The van der Waals surface area contributed by atoms with E-state index in [1.165, 1.54) is 10.7 Å². The molecule has 4 heterocycles. The third-order valence-corrected chi connectivity index (χ3v) is 6.61. The van der Waals surface area contributed by atoms with Gasteiger partial charge in [-0.15, -0.1) is 11.3 Å². The van der Waals surface area contributed by atoms with E-state index in [4.69, 9.17) is 5.73 Å². The third-order valence-electron chi connectivity index (χ3n) is 4.93. The first-order valence-electron chi connectivity index (χ1n) is 9.71. The van der Waals surface area contributed by atoms with Crippen LogP contribution in [0.4, 0.5) is 14.5 Å². The number of nitrogens with zero attached hydrogens (tertiary/aromatic N) is 5. The van der Waals surface area contributed by atoms with E-state index in [2.05, 4.69) is 36.4 Å². The smallest absolute Gasteiger partial charge is 0.280 e. The van der Waals surface area contributed by atoms with Gasteiger partial charge < -0.3 is 11.1 Å². The van der Waals surface area contributed by atoms with Crippen molar-refractivity contribution in [1.82, 2.24) is 24.5 Å². The molecule has 172 valence electrons. The molecule has 0 aliphatic rings. The molecule has 4 rings (SSSR count). The van der Waals surface area contributed by atoms with Crippen LogP contribution in [0.1, 0.15) is 44.9 Å². The summed E-state index contributed by atoms with van der Waals surface area (Å²) in [7, 11) is 1.65. The summed E-state index contributed by atoms with van der Waals surface area (Å²) >= 11 is 4.12. The Morgan fingerprint density at radius 1 is 1.27 bits per heavy atom. The number of thiophene rings is 1. The summed E-state index contributed by atoms with van der Waals surface area (Å²) in [5.41, 5.74) is 6.84. The number of hydrogen-bond donors (Lipinski definition) is 2. The number of pyridine rings is 1. The number of carbonyl (C=O) groups excluding carboxylic acids is 2. The van der Waals surface area contributed by atoms with E-state index in [0.29, 0.717) is 33.2 Å². The SMILES string of the molecule is CCn1cc(-c2cc(C(F)F)nc3sc(C(N)=O)c(NC(=O)c4nn(C)cc4Br)c23)c(C)n1. The van der Waals surface area contributed by atoms with Crippen LogP contribution in [0.5, 0.6) is 0 Å². The number of nitrogens with one attached hydrogen (secondary N) is 1. The molecule has 4 aromatic heterocycles. The molecule has 0 aromatic carbocycles. The van der Waals surface area contributed by atoms with Gasteiger partial charge in [0.25, 0.3) is 18.2 Å². The van der Waals surface area contributed by atoms with E-state index in [0.717, 1.165) is 11.3 Å². The van der Waals surface area contributed by atoms with Crippen LogP contribution < -0.4 is 11.1 Å². The number of nitrogens with two attached hydrogens (primary N) is 1.